The Morgan fingerprint density at radius 3 is 2.91 bits per heavy atom. The van der Waals surface area contributed by atoms with Crippen LogP contribution in [0.25, 0.3) is 21.9 Å². The summed E-state index contributed by atoms with van der Waals surface area (Å²) in [7, 11) is 1.93. The quantitative estimate of drug-likeness (QED) is 0.423. The summed E-state index contributed by atoms with van der Waals surface area (Å²) in [5.74, 6) is 0.696. The number of benzene rings is 2. The fourth-order valence-electron chi connectivity index (χ4n) is 2.52. The van der Waals surface area contributed by atoms with E-state index in [9.17, 15) is 4.79 Å². The molecule has 0 radical (unpaired) electrons. The number of nitrogens with zero attached hydrogens (tertiary/aromatic N) is 4. The molecule has 0 bridgehead atoms. The summed E-state index contributed by atoms with van der Waals surface area (Å²) in [6.45, 7) is 0. The highest BCUT2D eigenvalue weighted by atomic mass is 32.2. The van der Waals surface area contributed by atoms with Crippen molar-refractivity contribution < 1.29 is 0 Å². The maximum atomic E-state index is 12.2. The molecule has 4 rings (SSSR count). The minimum Gasteiger partial charge on any atom is -0.323 e. The third kappa shape index (κ3) is 2.51. The summed E-state index contributed by atoms with van der Waals surface area (Å²) >= 11 is 2.75. The Balaban J connectivity index is 1.72. The van der Waals surface area contributed by atoms with Gasteiger partial charge in [0.15, 0.2) is 5.16 Å². The van der Waals surface area contributed by atoms with E-state index in [1.54, 1.807) is 6.07 Å². The van der Waals surface area contributed by atoms with E-state index in [1.807, 2.05) is 48.0 Å². The summed E-state index contributed by atoms with van der Waals surface area (Å²) in [6.07, 6.45) is 0. The van der Waals surface area contributed by atoms with E-state index in [4.69, 9.17) is 0 Å². The Hall–Kier alpha value is -2.25. The van der Waals surface area contributed by atoms with Crippen molar-refractivity contribution in [3.05, 3.63) is 58.4 Å². The van der Waals surface area contributed by atoms with Crippen LogP contribution in [0.15, 0.2) is 52.4 Å². The van der Waals surface area contributed by atoms with Gasteiger partial charge in [0.2, 0.25) is 0 Å². The molecule has 23 heavy (non-hydrogen) atoms. The molecule has 0 aliphatic rings. The van der Waals surface area contributed by atoms with Crippen molar-refractivity contribution in [3.8, 4) is 0 Å². The predicted molar refractivity (Wildman–Crippen MR) is 94.0 cm³/mol. The van der Waals surface area contributed by atoms with Gasteiger partial charge in [0.25, 0.3) is 5.56 Å². The molecule has 0 spiro atoms. The number of fused-ring (bicyclic) bond motifs is 2. The van der Waals surface area contributed by atoms with Crippen LogP contribution in [0.5, 0.6) is 0 Å². The number of aromatic nitrogens is 4. The van der Waals surface area contributed by atoms with Gasteiger partial charge in [-0.2, -0.15) is 13.7 Å². The zero-order chi connectivity index (χ0) is 15.8. The standard InChI is InChI=1S/C16H12N4OS2/c1-20-13-8-3-2-6-11(13)15(21)17-16(20)22-9-10-5-4-7-12-14(10)19-23-18-12/h2-8H,9H2,1H3. The van der Waals surface area contributed by atoms with Crippen molar-refractivity contribution >= 4 is 45.4 Å². The third-order valence-electron chi connectivity index (χ3n) is 3.71. The smallest absolute Gasteiger partial charge is 0.281 e. The van der Waals surface area contributed by atoms with Gasteiger partial charge in [-0.15, -0.1) is 0 Å². The van der Waals surface area contributed by atoms with Crippen molar-refractivity contribution in [1.29, 1.82) is 0 Å². The van der Waals surface area contributed by atoms with E-state index in [1.165, 1.54) is 23.5 Å². The van der Waals surface area contributed by atoms with E-state index in [0.29, 0.717) is 16.3 Å². The van der Waals surface area contributed by atoms with Crippen LogP contribution in [0.2, 0.25) is 0 Å². The molecule has 2 heterocycles. The van der Waals surface area contributed by atoms with Crippen LogP contribution in [0, 0.1) is 0 Å². The van der Waals surface area contributed by atoms with Gasteiger partial charge in [-0.3, -0.25) is 4.79 Å². The summed E-state index contributed by atoms with van der Waals surface area (Å²) in [4.78, 5) is 16.4. The zero-order valence-corrected chi connectivity index (χ0v) is 13.9. The van der Waals surface area contributed by atoms with Crippen molar-refractivity contribution in [2.45, 2.75) is 10.9 Å². The molecule has 0 aliphatic heterocycles. The molecule has 2 aromatic heterocycles. The molecule has 4 aromatic rings. The SMILES string of the molecule is Cn1c(SCc2cccc3nsnc23)nc(=O)c2ccccc21. The third-order valence-corrected chi connectivity index (χ3v) is 5.33. The van der Waals surface area contributed by atoms with Gasteiger partial charge in [-0.25, -0.2) is 0 Å². The first kappa shape index (κ1) is 14.3. The second-order valence-electron chi connectivity index (χ2n) is 5.11. The van der Waals surface area contributed by atoms with Crippen LogP contribution in [0.3, 0.4) is 0 Å². The highest BCUT2D eigenvalue weighted by Crippen LogP contribution is 2.26. The Bertz CT molecular complexity index is 1070. The minimum absolute atomic E-state index is 0.185. The second-order valence-corrected chi connectivity index (χ2v) is 6.58. The average Bonchev–Trinajstić information content (AvgIpc) is 3.06. The molecule has 0 amide bonds. The summed E-state index contributed by atoms with van der Waals surface area (Å²) in [6, 6.07) is 13.5. The fraction of sp³-hybridized carbons (Fsp3) is 0.125. The lowest BCUT2D eigenvalue weighted by Crippen LogP contribution is -2.14. The Labute approximate surface area is 140 Å². The number of hydrogen-bond donors (Lipinski definition) is 0. The Kier molecular flexibility index (Phi) is 3.59. The molecule has 5 nitrogen and oxygen atoms in total. The Morgan fingerprint density at radius 1 is 1.13 bits per heavy atom. The summed E-state index contributed by atoms with van der Waals surface area (Å²) in [5.41, 5.74) is 3.64. The van der Waals surface area contributed by atoms with Crippen molar-refractivity contribution in [2.75, 3.05) is 0 Å². The molecular weight excluding hydrogens is 328 g/mol. The molecule has 0 saturated carbocycles. The minimum atomic E-state index is -0.185. The lowest BCUT2D eigenvalue weighted by atomic mass is 10.2. The largest absolute Gasteiger partial charge is 0.323 e. The topological polar surface area (TPSA) is 60.7 Å². The number of rotatable bonds is 3. The van der Waals surface area contributed by atoms with E-state index in [-0.39, 0.29) is 5.56 Å². The maximum Gasteiger partial charge on any atom is 0.281 e. The van der Waals surface area contributed by atoms with Crippen molar-refractivity contribution in [3.63, 3.8) is 0 Å². The van der Waals surface area contributed by atoms with E-state index in [0.717, 1.165) is 22.1 Å². The van der Waals surface area contributed by atoms with Crippen LogP contribution in [0.4, 0.5) is 0 Å². The van der Waals surface area contributed by atoms with E-state index >= 15 is 0 Å². The molecule has 0 N–H and O–H groups in total. The summed E-state index contributed by atoms with van der Waals surface area (Å²) < 4.78 is 10.6. The van der Waals surface area contributed by atoms with Crippen molar-refractivity contribution in [2.24, 2.45) is 7.05 Å². The average molecular weight is 340 g/mol. The first-order valence-electron chi connectivity index (χ1n) is 7.03. The maximum absolute atomic E-state index is 12.2. The first-order valence-corrected chi connectivity index (χ1v) is 8.74. The molecule has 0 unspecified atom stereocenters. The monoisotopic (exact) mass is 340 g/mol. The number of para-hydroxylation sites is 1. The lowest BCUT2D eigenvalue weighted by Gasteiger charge is -2.10. The zero-order valence-electron chi connectivity index (χ0n) is 12.3. The van der Waals surface area contributed by atoms with Crippen molar-refractivity contribution in [1.82, 2.24) is 18.3 Å². The second kappa shape index (κ2) is 5.75. The van der Waals surface area contributed by atoms with Gasteiger partial charge in [0, 0.05) is 12.8 Å². The van der Waals surface area contributed by atoms with Gasteiger partial charge in [-0.05, 0) is 23.8 Å². The first-order chi connectivity index (χ1) is 11.2. The van der Waals surface area contributed by atoms with E-state index in [2.05, 4.69) is 13.7 Å². The van der Waals surface area contributed by atoms with Crippen LogP contribution >= 0.6 is 23.5 Å². The molecule has 7 heteroatoms. The predicted octanol–water partition coefficient (Wildman–Crippen LogP) is 3.23. The van der Waals surface area contributed by atoms with Gasteiger partial charge in [0.1, 0.15) is 11.0 Å². The van der Waals surface area contributed by atoms with Gasteiger partial charge in [0.05, 0.1) is 22.6 Å². The molecule has 114 valence electrons. The summed E-state index contributed by atoms with van der Waals surface area (Å²) in [5, 5.41) is 1.35. The van der Waals surface area contributed by atoms with Crippen LogP contribution in [0.1, 0.15) is 5.56 Å². The molecule has 0 saturated heterocycles. The number of aryl methyl sites for hydroxylation is 1. The lowest BCUT2D eigenvalue weighted by molar-refractivity contribution is 0.765. The molecule has 0 atom stereocenters. The van der Waals surface area contributed by atoms with Crippen LogP contribution in [-0.2, 0) is 12.8 Å². The molecule has 2 aromatic carbocycles. The van der Waals surface area contributed by atoms with E-state index < -0.39 is 0 Å². The van der Waals surface area contributed by atoms with Gasteiger partial charge >= 0.3 is 0 Å². The number of thioether (sulfide) groups is 1. The molecule has 0 aliphatic carbocycles. The number of hydrogen-bond acceptors (Lipinski definition) is 6. The van der Waals surface area contributed by atoms with Gasteiger partial charge < -0.3 is 4.57 Å². The highest BCUT2D eigenvalue weighted by Gasteiger charge is 2.10. The van der Waals surface area contributed by atoms with Crippen LogP contribution < -0.4 is 5.56 Å². The van der Waals surface area contributed by atoms with Gasteiger partial charge in [-0.1, -0.05) is 36.0 Å². The van der Waals surface area contributed by atoms with Crippen LogP contribution in [-0.4, -0.2) is 18.3 Å². The highest BCUT2D eigenvalue weighted by molar-refractivity contribution is 7.98. The fourth-order valence-corrected chi connectivity index (χ4v) is 4.05. The molecular formula is C16H12N4OS2. The Morgan fingerprint density at radius 2 is 2.00 bits per heavy atom. The molecule has 0 fully saturated rings. The normalized spacial score (nSPS) is 11.3.